The van der Waals surface area contributed by atoms with Gasteiger partial charge in [0.25, 0.3) is 0 Å². The molecule has 0 spiro atoms. The highest BCUT2D eigenvalue weighted by atomic mass is 35.5. The second-order valence-electron chi connectivity index (χ2n) is 3.63. The monoisotopic (exact) mass is 275 g/mol. The highest BCUT2D eigenvalue weighted by molar-refractivity contribution is 6.33. The maximum Gasteiger partial charge on any atom is 0.416 e. The number of aromatic amines is 1. The van der Waals surface area contributed by atoms with Gasteiger partial charge in [0.15, 0.2) is 0 Å². The zero-order valence-corrected chi connectivity index (χ0v) is 9.81. The first-order chi connectivity index (χ1) is 8.47. The van der Waals surface area contributed by atoms with Gasteiger partial charge in [0.05, 0.1) is 28.5 Å². The molecule has 1 heterocycles. The van der Waals surface area contributed by atoms with Crippen LogP contribution in [0.15, 0.2) is 30.5 Å². The predicted octanol–water partition coefficient (Wildman–Crippen LogP) is 3.69. The molecular weight excluding hydrogens is 267 g/mol. The summed E-state index contributed by atoms with van der Waals surface area (Å²) in [6.45, 7) is 0.408. The molecular formula is C11H9ClF3N3. The lowest BCUT2D eigenvalue weighted by molar-refractivity contribution is -0.137. The third-order valence-corrected chi connectivity index (χ3v) is 2.64. The van der Waals surface area contributed by atoms with E-state index in [4.69, 9.17) is 11.6 Å². The van der Waals surface area contributed by atoms with Gasteiger partial charge in [-0.1, -0.05) is 11.6 Å². The van der Waals surface area contributed by atoms with Crippen molar-refractivity contribution in [3.05, 3.63) is 46.7 Å². The summed E-state index contributed by atoms with van der Waals surface area (Å²) in [6, 6.07) is 4.95. The molecule has 0 radical (unpaired) electrons. The van der Waals surface area contributed by atoms with Gasteiger partial charge >= 0.3 is 6.18 Å². The summed E-state index contributed by atoms with van der Waals surface area (Å²) in [6.07, 6.45) is -2.79. The molecule has 0 saturated heterocycles. The first-order valence-corrected chi connectivity index (χ1v) is 5.43. The topological polar surface area (TPSA) is 40.7 Å². The molecule has 0 aliphatic carbocycles. The summed E-state index contributed by atoms with van der Waals surface area (Å²) >= 11 is 5.79. The number of rotatable bonds is 3. The number of H-pyrrole nitrogens is 1. The Morgan fingerprint density at radius 1 is 1.28 bits per heavy atom. The number of nitrogens with zero attached hydrogens (tertiary/aromatic N) is 1. The molecule has 7 heteroatoms. The number of alkyl halides is 3. The van der Waals surface area contributed by atoms with E-state index in [9.17, 15) is 13.2 Å². The molecule has 0 aliphatic rings. The van der Waals surface area contributed by atoms with E-state index in [2.05, 4.69) is 15.5 Å². The molecule has 2 aromatic rings. The molecule has 0 atom stereocenters. The van der Waals surface area contributed by atoms with Gasteiger partial charge in [0.1, 0.15) is 0 Å². The van der Waals surface area contributed by atoms with Gasteiger partial charge in [-0.05, 0) is 24.3 Å². The first kappa shape index (κ1) is 12.8. The SMILES string of the molecule is FC(F)(F)c1ccc(NCc2ccn[nH]2)c(Cl)c1. The second-order valence-corrected chi connectivity index (χ2v) is 4.04. The number of hydrogen-bond donors (Lipinski definition) is 2. The summed E-state index contributed by atoms with van der Waals surface area (Å²) < 4.78 is 37.2. The van der Waals surface area contributed by atoms with Gasteiger partial charge in [0, 0.05) is 6.20 Å². The number of halogens is 4. The highest BCUT2D eigenvalue weighted by Gasteiger charge is 2.30. The standard InChI is InChI=1S/C11H9ClF3N3/c12-9-5-7(11(13,14)15)1-2-10(9)16-6-8-3-4-17-18-8/h1-5,16H,6H2,(H,17,18). The molecule has 3 nitrogen and oxygen atoms in total. The molecule has 0 fully saturated rings. The Kier molecular flexibility index (Phi) is 3.47. The fourth-order valence-electron chi connectivity index (χ4n) is 1.41. The summed E-state index contributed by atoms with van der Waals surface area (Å²) in [4.78, 5) is 0. The lowest BCUT2D eigenvalue weighted by Crippen LogP contribution is -2.06. The van der Waals surface area contributed by atoms with Crippen LogP contribution >= 0.6 is 11.6 Å². The molecule has 0 aliphatic heterocycles. The van der Waals surface area contributed by atoms with E-state index in [1.807, 2.05) is 0 Å². The molecule has 1 aromatic heterocycles. The summed E-state index contributed by atoms with van der Waals surface area (Å²) in [7, 11) is 0. The molecule has 2 rings (SSSR count). The van der Waals surface area contributed by atoms with Gasteiger partial charge < -0.3 is 5.32 Å². The van der Waals surface area contributed by atoms with E-state index in [1.54, 1.807) is 12.3 Å². The van der Waals surface area contributed by atoms with E-state index in [1.165, 1.54) is 6.07 Å². The summed E-state index contributed by atoms with van der Waals surface area (Å²) in [5, 5.41) is 9.44. The minimum atomic E-state index is -4.38. The second kappa shape index (κ2) is 4.89. The molecule has 0 amide bonds. The van der Waals surface area contributed by atoms with Crippen molar-refractivity contribution >= 4 is 17.3 Å². The molecule has 1 aromatic carbocycles. The quantitative estimate of drug-likeness (QED) is 0.897. The van der Waals surface area contributed by atoms with Crippen molar-refractivity contribution in [3.63, 3.8) is 0 Å². The van der Waals surface area contributed by atoms with Crippen molar-refractivity contribution in [1.82, 2.24) is 10.2 Å². The Balaban J connectivity index is 2.10. The number of benzene rings is 1. The Morgan fingerprint density at radius 3 is 2.61 bits per heavy atom. The molecule has 0 saturated carbocycles. The van der Waals surface area contributed by atoms with Gasteiger partial charge in [-0.3, -0.25) is 5.10 Å². The number of aromatic nitrogens is 2. The summed E-state index contributed by atoms with van der Waals surface area (Å²) in [5.74, 6) is 0. The van der Waals surface area contributed by atoms with Crippen molar-refractivity contribution in [1.29, 1.82) is 0 Å². The number of nitrogens with one attached hydrogen (secondary N) is 2. The van der Waals surface area contributed by atoms with E-state index < -0.39 is 11.7 Å². The number of anilines is 1. The van der Waals surface area contributed by atoms with Crippen LogP contribution in [-0.4, -0.2) is 10.2 Å². The van der Waals surface area contributed by atoms with Crippen LogP contribution in [0.5, 0.6) is 0 Å². The van der Waals surface area contributed by atoms with Gasteiger partial charge in [-0.15, -0.1) is 0 Å². The van der Waals surface area contributed by atoms with E-state index in [0.29, 0.717) is 12.2 Å². The minimum absolute atomic E-state index is 0.0318. The van der Waals surface area contributed by atoms with E-state index in [-0.39, 0.29) is 5.02 Å². The van der Waals surface area contributed by atoms with E-state index >= 15 is 0 Å². The van der Waals surface area contributed by atoms with E-state index in [0.717, 1.165) is 17.8 Å². The average molecular weight is 276 g/mol. The fraction of sp³-hybridized carbons (Fsp3) is 0.182. The minimum Gasteiger partial charge on any atom is -0.378 e. The van der Waals surface area contributed by atoms with Crippen LogP contribution in [0, 0.1) is 0 Å². The average Bonchev–Trinajstić information content (AvgIpc) is 2.79. The van der Waals surface area contributed by atoms with Crippen molar-refractivity contribution in [2.45, 2.75) is 12.7 Å². The predicted molar refractivity (Wildman–Crippen MR) is 62.4 cm³/mol. The number of hydrogen-bond acceptors (Lipinski definition) is 2. The van der Waals surface area contributed by atoms with Crippen LogP contribution in [0.2, 0.25) is 5.02 Å². The maximum atomic E-state index is 12.4. The Bertz CT molecular complexity index is 523. The van der Waals surface area contributed by atoms with Crippen molar-refractivity contribution in [2.24, 2.45) is 0 Å². The fourth-order valence-corrected chi connectivity index (χ4v) is 1.66. The lowest BCUT2D eigenvalue weighted by atomic mass is 10.2. The molecule has 2 N–H and O–H groups in total. The largest absolute Gasteiger partial charge is 0.416 e. The molecule has 0 bridgehead atoms. The molecule has 0 unspecified atom stereocenters. The van der Waals surface area contributed by atoms with Crippen LogP contribution < -0.4 is 5.32 Å². The normalized spacial score (nSPS) is 11.6. The zero-order chi connectivity index (χ0) is 13.2. The Labute approximate surface area is 106 Å². The highest BCUT2D eigenvalue weighted by Crippen LogP contribution is 2.33. The van der Waals surface area contributed by atoms with Crippen LogP contribution in [-0.2, 0) is 12.7 Å². The molecule has 18 heavy (non-hydrogen) atoms. The van der Waals surface area contributed by atoms with Crippen LogP contribution in [0.25, 0.3) is 0 Å². The van der Waals surface area contributed by atoms with Crippen LogP contribution in [0.1, 0.15) is 11.3 Å². The smallest absolute Gasteiger partial charge is 0.378 e. The Hall–Kier alpha value is -1.69. The van der Waals surface area contributed by atoms with Crippen LogP contribution in [0.4, 0.5) is 18.9 Å². The van der Waals surface area contributed by atoms with Crippen LogP contribution in [0.3, 0.4) is 0 Å². The summed E-state index contributed by atoms with van der Waals surface area (Å²) in [5.41, 5.74) is 0.491. The van der Waals surface area contributed by atoms with Gasteiger partial charge in [-0.2, -0.15) is 18.3 Å². The third kappa shape index (κ3) is 2.95. The lowest BCUT2D eigenvalue weighted by Gasteiger charge is -2.11. The van der Waals surface area contributed by atoms with Crippen molar-refractivity contribution < 1.29 is 13.2 Å². The van der Waals surface area contributed by atoms with Crippen molar-refractivity contribution in [2.75, 3.05) is 5.32 Å². The van der Waals surface area contributed by atoms with Crippen molar-refractivity contribution in [3.8, 4) is 0 Å². The van der Waals surface area contributed by atoms with Gasteiger partial charge in [-0.25, -0.2) is 0 Å². The maximum absolute atomic E-state index is 12.4. The third-order valence-electron chi connectivity index (χ3n) is 2.32. The molecule has 96 valence electrons. The Morgan fingerprint density at radius 2 is 2.06 bits per heavy atom. The first-order valence-electron chi connectivity index (χ1n) is 5.05. The zero-order valence-electron chi connectivity index (χ0n) is 9.05. The van der Waals surface area contributed by atoms with Gasteiger partial charge in [0.2, 0.25) is 0 Å².